The summed E-state index contributed by atoms with van der Waals surface area (Å²) in [6, 6.07) is 0. The van der Waals surface area contributed by atoms with E-state index in [2.05, 4.69) is 55.4 Å². The van der Waals surface area contributed by atoms with E-state index < -0.39 is 0 Å². The maximum atomic E-state index is 5.53. The van der Waals surface area contributed by atoms with Crippen molar-refractivity contribution in [3.8, 4) is 0 Å². The van der Waals surface area contributed by atoms with Gasteiger partial charge in [-0.1, -0.05) is 68.2 Å². The van der Waals surface area contributed by atoms with Crippen LogP contribution in [0.4, 0.5) is 0 Å². The molecule has 0 bridgehead atoms. The van der Waals surface area contributed by atoms with Crippen molar-refractivity contribution in [2.75, 3.05) is 0 Å². The second kappa shape index (κ2) is 9.07. The highest BCUT2D eigenvalue weighted by Crippen LogP contribution is 2.43. The zero-order valence-corrected chi connectivity index (χ0v) is 16.2. The Labute approximate surface area is 130 Å². The summed E-state index contributed by atoms with van der Waals surface area (Å²) in [5.74, 6) is 1.04. The van der Waals surface area contributed by atoms with Crippen LogP contribution in [-0.2, 0) is 0 Å². The van der Waals surface area contributed by atoms with Crippen molar-refractivity contribution in [2.45, 2.75) is 107 Å². The van der Waals surface area contributed by atoms with Crippen molar-refractivity contribution < 1.29 is 0 Å². The topological polar surface area (TPSA) is 26.0 Å². The van der Waals surface area contributed by atoms with Gasteiger partial charge in [-0.3, -0.25) is 0 Å². The van der Waals surface area contributed by atoms with Crippen LogP contribution in [0.1, 0.15) is 101 Å². The Bertz CT molecular complexity index is 217. The van der Waals surface area contributed by atoms with Gasteiger partial charge in [0.15, 0.2) is 0 Å². The molecule has 1 aliphatic rings. The van der Waals surface area contributed by atoms with Gasteiger partial charge >= 0.3 is 0 Å². The fourth-order valence-corrected chi connectivity index (χ4v) is 1.48. The molecule has 0 saturated heterocycles. The minimum Gasteiger partial charge on any atom is -0.326 e. The molecule has 1 rings (SSSR count). The lowest BCUT2D eigenvalue weighted by Gasteiger charge is -2.39. The summed E-state index contributed by atoms with van der Waals surface area (Å²) in [6.07, 6.45) is 6.85. The molecule has 124 valence electrons. The maximum Gasteiger partial charge on any atom is 0.00944 e. The molecule has 0 aliphatic heterocycles. The first-order chi connectivity index (χ1) is 8.73. The summed E-state index contributed by atoms with van der Waals surface area (Å²) >= 11 is 0. The third kappa shape index (κ3) is 16.0. The molecule has 1 fully saturated rings. The van der Waals surface area contributed by atoms with E-state index in [9.17, 15) is 0 Å². The maximum absolute atomic E-state index is 5.53. The molecule has 0 aromatic carbocycles. The van der Waals surface area contributed by atoms with Gasteiger partial charge in [-0.05, 0) is 49.9 Å². The van der Waals surface area contributed by atoms with Gasteiger partial charge in [-0.25, -0.2) is 0 Å². The van der Waals surface area contributed by atoms with E-state index >= 15 is 0 Å². The van der Waals surface area contributed by atoms with Crippen LogP contribution in [0.5, 0.6) is 0 Å². The van der Waals surface area contributed by atoms with E-state index in [0.717, 1.165) is 12.3 Å². The number of hydrogen-bond donors (Lipinski definition) is 1. The van der Waals surface area contributed by atoms with Crippen LogP contribution in [-0.4, -0.2) is 5.54 Å². The van der Waals surface area contributed by atoms with E-state index in [4.69, 9.17) is 5.73 Å². The minimum absolute atomic E-state index is 0.0417. The summed E-state index contributed by atoms with van der Waals surface area (Å²) in [5, 5.41) is 0. The second-order valence-electron chi connectivity index (χ2n) is 9.31. The largest absolute Gasteiger partial charge is 0.326 e. The average molecular weight is 286 g/mol. The third-order valence-electron chi connectivity index (χ3n) is 4.03. The second-order valence-corrected chi connectivity index (χ2v) is 9.31. The molecule has 0 heterocycles. The Morgan fingerprint density at radius 1 is 0.800 bits per heavy atom. The normalized spacial score (nSPS) is 16.4. The lowest BCUT2D eigenvalue weighted by molar-refractivity contribution is 0.116. The van der Waals surface area contributed by atoms with Crippen LogP contribution in [0.15, 0.2) is 0 Å². The SMILES string of the molecule is CC(C)(C)C.CCC(C)(C)C1CCC1.CCC(C)(C)N. The van der Waals surface area contributed by atoms with Gasteiger partial charge in [0.2, 0.25) is 0 Å². The van der Waals surface area contributed by atoms with E-state index in [1.807, 2.05) is 13.8 Å². The number of nitrogens with two attached hydrogens (primary N) is 1. The van der Waals surface area contributed by atoms with Gasteiger partial charge in [0, 0.05) is 5.54 Å². The molecule has 0 aromatic heterocycles. The highest BCUT2D eigenvalue weighted by atomic mass is 14.7. The fraction of sp³-hybridized carbons (Fsp3) is 1.00. The monoisotopic (exact) mass is 285 g/mol. The Morgan fingerprint density at radius 3 is 1.15 bits per heavy atom. The van der Waals surface area contributed by atoms with Crippen LogP contribution in [0.2, 0.25) is 0 Å². The van der Waals surface area contributed by atoms with Crippen LogP contribution >= 0.6 is 0 Å². The molecule has 1 aliphatic carbocycles. The third-order valence-corrected chi connectivity index (χ3v) is 4.03. The van der Waals surface area contributed by atoms with E-state index in [-0.39, 0.29) is 5.54 Å². The van der Waals surface area contributed by atoms with Crippen molar-refractivity contribution in [3.63, 3.8) is 0 Å². The van der Waals surface area contributed by atoms with Gasteiger partial charge < -0.3 is 5.73 Å². The summed E-state index contributed by atoms with van der Waals surface area (Å²) in [5.41, 5.74) is 6.71. The molecular weight excluding hydrogens is 242 g/mol. The van der Waals surface area contributed by atoms with Crippen LogP contribution in [0, 0.1) is 16.7 Å². The molecular formula is C19H43N. The smallest absolute Gasteiger partial charge is 0.00944 e. The van der Waals surface area contributed by atoms with Crippen molar-refractivity contribution in [1.29, 1.82) is 0 Å². The molecule has 0 aromatic rings. The van der Waals surface area contributed by atoms with E-state index in [1.54, 1.807) is 0 Å². The molecule has 0 amide bonds. The molecule has 20 heavy (non-hydrogen) atoms. The Hall–Kier alpha value is -0.0400. The number of rotatable bonds is 3. The van der Waals surface area contributed by atoms with Crippen molar-refractivity contribution in [2.24, 2.45) is 22.5 Å². The molecule has 1 heteroatoms. The summed E-state index contributed by atoms with van der Waals surface area (Å²) in [4.78, 5) is 0. The first-order valence-electron chi connectivity index (χ1n) is 8.52. The van der Waals surface area contributed by atoms with Crippen molar-refractivity contribution in [1.82, 2.24) is 0 Å². The lowest BCUT2D eigenvalue weighted by Crippen LogP contribution is -2.30. The average Bonchev–Trinajstić information content (AvgIpc) is 2.11. The molecule has 2 N–H and O–H groups in total. The van der Waals surface area contributed by atoms with Crippen molar-refractivity contribution >= 4 is 0 Å². The minimum atomic E-state index is 0.0417. The lowest BCUT2D eigenvalue weighted by atomic mass is 9.66. The highest BCUT2D eigenvalue weighted by molar-refractivity contribution is 4.82. The van der Waals surface area contributed by atoms with E-state index in [1.165, 1.54) is 25.7 Å². The van der Waals surface area contributed by atoms with Gasteiger partial charge in [-0.2, -0.15) is 0 Å². The highest BCUT2D eigenvalue weighted by Gasteiger charge is 2.31. The fourth-order valence-electron chi connectivity index (χ4n) is 1.48. The van der Waals surface area contributed by atoms with Gasteiger partial charge in [0.25, 0.3) is 0 Å². The summed E-state index contributed by atoms with van der Waals surface area (Å²) in [7, 11) is 0. The molecule has 1 saturated carbocycles. The van der Waals surface area contributed by atoms with Crippen LogP contribution in [0.25, 0.3) is 0 Å². The zero-order valence-electron chi connectivity index (χ0n) is 16.2. The van der Waals surface area contributed by atoms with Gasteiger partial charge in [-0.15, -0.1) is 0 Å². The Kier molecular flexibility index (Phi) is 10.1. The zero-order chi connectivity index (χ0) is 16.6. The molecule has 0 unspecified atom stereocenters. The van der Waals surface area contributed by atoms with Gasteiger partial charge in [0.1, 0.15) is 0 Å². The molecule has 1 nitrogen and oxygen atoms in total. The predicted octanol–water partition coefficient (Wildman–Crippen LogP) is 6.41. The Balaban J connectivity index is 0. The molecule has 0 atom stereocenters. The predicted molar refractivity (Wildman–Crippen MR) is 95.1 cm³/mol. The molecule has 0 spiro atoms. The van der Waals surface area contributed by atoms with E-state index in [0.29, 0.717) is 10.8 Å². The van der Waals surface area contributed by atoms with Crippen LogP contribution in [0.3, 0.4) is 0 Å². The van der Waals surface area contributed by atoms with Crippen molar-refractivity contribution in [3.05, 3.63) is 0 Å². The standard InChI is InChI=1S/C9H18.C5H13N.C5H12/c1-4-9(2,3)8-6-5-7-8;1-4-5(2,3)6;1-5(2,3)4/h8H,4-7H2,1-3H3;4,6H2,1-3H3;1-4H3. The Morgan fingerprint density at radius 2 is 1.10 bits per heavy atom. The molecule has 0 radical (unpaired) electrons. The first kappa shape index (κ1) is 22.2. The van der Waals surface area contributed by atoms with Crippen LogP contribution < -0.4 is 5.73 Å². The summed E-state index contributed by atoms with van der Waals surface area (Å²) in [6.45, 7) is 22.0. The number of hydrogen-bond acceptors (Lipinski definition) is 1. The summed E-state index contributed by atoms with van der Waals surface area (Å²) < 4.78 is 0. The quantitative estimate of drug-likeness (QED) is 0.637. The first-order valence-corrected chi connectivity index (χ1v) is 8.52. The van der Waals surface area contributed by atoms with Gasteiger partial charge in [0.05, 0.1) is 0 Å².